The first-order valence-electron chi connectivity index (χ1n) is 7.15. The second-order valence-corrected chi connectivity index (χ2v) is 5.07. The lowest BCUT2D eigenvalue weighted by atomic mass is 10.1. The summed E-state index contributed by atoms with van der Waals surface area (Å²) >= 11 is 4.17. The van der Waals surface area contributed by atoms with Crippen LogP contribution in [0.5, 0.6) is 0 Å². The fraction of sp³-hybridized carbons (Fsp3) is 0.929. The van der Waals surface area contributed by atoms with Gasteiger partial charge >= 0.3 is 5.97 Å². The van der Waals surface area contributed by atoms with Crippen LogP contribution in [0, 0.1) is 0 Å². The highest BCUT2D eigenvalue weighted by molar-refractivity contribution is 7.81. The maximum atomic E-state index is 11.6. The summed E-state index contributed by atoms with van der Waals surface area (Å²) in [6.07, 6.45) is 7.03. The van der Waals surface area contributed by atoms with E-state index in [0.29, 0.717) is 13.0 Å². The van der Waals surface area contributed by atoms with Gasteiger partial charge in [-0.25, -0.2) is 0 Å². The van der Waals surface area contributed by atoms with E-state index in [4.69, 9.17) is 9.47 Å². The van der Waals surface area contributed by atoms with Crippen LogP contribution in [-0.4, -0.2) is 24.1 Å². The zero-order valence-electron chi connectivity index (χ0n) is 12.0. The lowest BCUT2D eigenvalue weighted by Gasteiger charge is -2.19. The van der Waals surface area contributed by atoms with Crippen molar-refractivity contribution in [1.29, 1.82) is 0 Å². The fourth-order valence-corrected chi connectivity index (χ4v) is 1.71. The fourth-order valence-electron chi connectivity index (χ4n) is 1.65. The maximum absolute atomic E-state index is 11.6. The first-order chi connectivity index (χ1) is 8.65. The van der Waals surface area contributed by atoms with Gasteiger partial charge in [0.1, 0.15) is 0 Å². The minimum Gasteiger partial charge on any atom is -0.435 e. The standard InChI is InChI=1S/C14H28O3S/c1-4-7-8-9-10-11-13(16-6-3)17-14(15)12(18)5-2/h12-13,18H,4-11H2,1-3H3. The Morgan fingerprint density at radius 1 is 1.11 bits per heavy atom. The van der Waals surface area contributed by atoms with E-state index < -0.39 is 6.29 Å². The van der Waals surface area contributed by atoms with E-state index in [0.717, 1.165) is 12.8 Å². The van der Waals surface area contributed by atoms with Gasteiger partial charge in [-0.2, -0.15) is 12.6 Å². The number of hydrogen-bond donors (Lipinski definition) is 1. The highest BCUT2D eigenvalue weighted by Gasteiger charge is 2.19. The van der Waals surface area contributed by atoms with Gasteiger partial charge in [-0.3, -0.25) is 4.79 Å². The third-order valence-electron chi connectivity index (χ3n) is 2.80. The molecule has 0 radical (unpaired) electrons. The molecule has 0 rings (SSSR count). The van der Waals surface area contributed by atoms with Gasteiger partial charge in [-0.05, 0) is 19.8 Å². The van der Waals surface area contributed by atoms with Crippen LogP contribution >= 0.6 is 12.6 Å². The van der Waals surface area contributed by atoms with Gasteiger partial charge in [0.05, 0.1) is 5.25 Å². The molecule has 3 nitrogen and oxygen atoms in total. The average Bonchev–Trinajstić information content (AvgIpc) is 2.37. The molecule has 2 atom stereocenters. The Balaban J connectivity index is 3.87. The summed E-state index contributed by atoms with van der Waals surface area (Å²) in [5.74, 6) is -0.271. The van der Waals surface area contributed by atoms with Crippen molar-refractivity contribution in [2.75, 3.05) is 6.61 Å². The summed E-state index contributed by atoms with van der Waals surface area (Å²) in [6.45, 7) is 6.59. The topological polar surface area (TPSA) is 35.5 Å². The van der Waals surface area contributed by atoms with Gasteiger partial charge in [0.15, 0.2) is 0 Å². The van der Waals surface area contributed by atoms with E-state index in [1.54, 1.807) is 0 Å². The molecule has 4 heteroatoms. The molecule has 2 unspecified atom stereocenters. The van der Waals surface area contributed by atoms with E-state index >= 15 is 0 Å². The lowest BCUT2D eigenvalue weighted by molar-refractivity contribution is -0.178. The van der Waals surface area contributed by atoms with E-state index in [-0.39, 0.29) is 11.2 Å². The van der Waals surface area contributed by atoms with Crippen LogP contribution < -0.4 is 0 Å². The van der Waals surface area contributed by atoms with Gasteiger partial charge < -0.3 is 9.47 Å². The molecule has 0 aliphatic rings. The molecule has 0 spiro atoms. The van der Waals surface area contributed by atoms with Crippen LogP contribution in [-0.2, 0) is 14.3 Å². The molecule has 0 heterocycles. The molecular formula is C14H28O3S. The molecule has 0 amide bonds. The van der Waals surface area contributed by atoms with Gasteiger partial charge in [0, 0.05) is 13.0 Å². The number of esters is 1. The van der Waals surface area contributed by atoms with E-state index in [9.17, 15) is 4.79 Å². The minimum absolute atomic E-state index is 0.271. The highest BCUT2D eigenvalue weighted by atomic mass is 32.1. The van der Waals surface area contributed by atoms with Crippen LogP contribution in [0.3, 0.4) is 0 Å². The van der Waals surface area contributed by atoms with E-state index in [2.05, 4.69) is 19.6 Å². The number of thiol groups is 1. The summed E-state index contributed by atoms with van der Waals surface area (Å²) in [5, 5.41) is -0.340. The summed E-state index contributed by atoms with van der Waals surface area (Å²) in [4.78, 5) is 11.6. The van der Waals surface area contributed by atoms with Crippen molar-refractivity contribution >= 4 is 18.6 Å². The predicted octanol–water partition coefficient (Wildman–Crippen LogP) is 3.96. The van der Waals surface area contributed by atoms with Crippen molar-refractivity contribution < 1.29 is 14.3 Å². The SMILES string of the molecule is CCCCCCCC(OCC)OC(=O)C(S)CC. The minimum atomic E-state index is -0.398. The Morgan fingerprint density at radius 2 is 1.78 bits per heavy atom. The van der Waals surface area contributed by atoms with Crippen molar-refractivity contribution in [3.8, 4) is 0 Å². The third kappa shape index (κ3) is 8.81. The summed E-state index contributed by atoms with van der Waals surface area (Å²) in [5.41, 5.74) is 0. The zero-order valence-corrected chi connectivity index (χ0v) is 12.9. The third-order valence-corrected chi connectivity index (χ3v) is 3.38. The Labute approximate surface area is 117 Å². The maximum Gasteiger partial charge on any atom is 0.321 e. The molecule has 0 aromatic rings. The largest absolute Gasteiger partial charge is 0.435 e. The smallest absolute Gasteiger partial charge is 0.321 e. The normalized spacial score (nSPS) is 14.2. The Hall–Kier alpha value is -0.220. The monoisotopic (exact) mass is 276 g/mol. The molecule has 0 bridgehead atoms. The van der Waals surface area contributed by atoms with Crippen molar-refractivity contribution in [3.05, 3.63) is 0 Å². The van der Waals surface area contributed by atoms with Crippen molar-refractivity contribution in [3.63, 3.8) is 0 Å². The summed E-state index contributed by atoms with van der Waals surface area (Å²) in [6, 6.07) is 0. The van der Waals surface area contributed by atoms with Gasteiger partial charge in [0.2, 0.25) is 6.29 Å². The number of unbranched alkanes of at least 4 members (excludes halogenated alkanes) is 4. The molecule has 0 saturated heterocycles. The van der Waals surface area contributed by atoms with E-state index in [1.807, 2.05) is 13.8 Å². The molecule has 0 aromatic heterocycles. The van der Waals surface area contributed by atoms with Crippen molar-refractivity contribution in [2.24, 2.45) is 0 Å². The number of carbonyl (C=O) groups excluding carboxylic acids is 1. The summed E-state index contributed by atoms with van der Waals surface area (Å²) in [7, 11) is 0. The summed E-state index contributed by atoms with van der Waals surface area (Å²) < 4.78 is 10.7. The molecule has 0 saturated carbocycles. The molecular weight excluding hydrogens is 248 g/mol. The number of ether oxygens (including phenoxy) is 2. The van der Waals surface area contributed by atoms with E-state index in [1.165, 1.54) is 25.7 Å². The van der Waals surface area contributed by atoms with Crippen molar-refractivity contribution in [2.45, 2.75) is 77.3 Å². The number of hydrogen-bond acceptors (Lipinski definition) is 4. The quantitative estimate of drug-likeness (QED) is 0.268. The zero-order chi connectivity index (χ0) is 13.8. The van der Waals surface area contributed by atoms with Gasteiger partial charge in [-0.1, -0.05) is 39.5 Å². The van der Waals surface area contributed by atoms with Crippen LogP contribution in [0.1, 0.15) is 65.7 Å². The van der Waals surface area contributed by atoms with Crippen LogP contribution in [0.25, 0.3) is 0 Å². The van der Waals surface area contributed by atoms with Crippen molar-refractivity contribution in [1.82, 2.24) is 0 Å². The molecule has 18 heavy (non-hydrogen) atoms. The Morgan fingerprint density at radius 3 is 2.33 bits per heavy atom. The molecule has 0 aliphatic carbocycles. The molecule has 0 fully saturated rings. The molecule has 0 aliphatic heterocycles. The number of rotatable bonds is 11. The first-order valence-corrected chi connectivity index (χ1v) is 7.67. The second-order valence-electron chi connectivity index (χ2n) is 4.45. The van der Waals surface area contributed by atoms with Gasteiger partial charge in [-0.15, -0.1) is 0 Å². The first kappa shape index (κ1) is 17.8. The Kier molecular flexibility index (Phi) is 11.7. The van der Waals surface area contributed by atoms with Crippen LogP contribution in [0.2, 0.25) is 0 Å². The Bertz CT molecular complexity index is 209. The van der Waals surface area contributed by atoms with Gasteiger partial charge in [0.25, 0.3) is 0 Å². The molecule has 0 aromatic carbocycles. The average molecular weight is 276 g/mol. The van der Waals surface area contributed by atoms with Crippen LogP contribution in [0.4, 0.5) is 0 Å². The second kappa shape index (κ2) is 11.8. The van der Waals surface area contributed by atoms with Crippen LogP contribution in [0.15, 0.2) is 0 Å². The highest BCUT2D eigenvalue weighted by Crippen LogP contribution is 2.13. The molecule has 108 valence electrons. The predicted molar refractivity (Wildman–Crippen MR) is 77.9 cm³/mol. The lowest BCUT2D eigenvalue weighted by Crippen LogP contribution is -2.26. The molecule has 0 N–H and O–H groups in total. The number of carbonyl (C=O) groups is 1.